The van der Waals surface area contributed by atoms with E-state index in [1.807, 2.05) is 55.9 Å². The highest BCUT2D eigenvalue weighted by Crippen LogP contribution is 2.42. The Balaban J connectivity index is 1.48. The number of benzene rings is 1. The van der Waals surface area contributed by atoms with Gasteiger partial charge < -0.3 is 15.2 Å². The first-order chi connectivity index (χ1) is 15.9. The molecule has 3 aromatic rings. The molecule has 3 heterocycles. The molecule has 4 nitrogen and oxygen atoms in total. The molecule has 0 saturated carbocycles. The fraction of sp³-hybridized carbons (Fsp3) is 0.423. The third-order valence-electron chi connectivity index (χ3n) is 5.96. The minimum Gasteiger partial charge on any atom is -0.478 e. The number of aliphatic hydroxyl groups is 1. The van der Waals surface area contributed by atoms with Crippen LogP contribution in [0, 0.1) is 0 Å². The summed E-state index contributed by atoms with van der Waals surface area (Å²) in [5, 5.41) is 19.4. The van der Waals surface area contributed by atoms with Gasteiger partial charge in [-0.1, -0.05) is 29.8 Å². The van der Waals surface area contributed by atoms with Crippen molar-refractivity contribution in [3.63, 3.8) is 0 Å². The Morgan fingerprint density at radius 1 is 1.24 bits per heavy atom. The zero-order valence-electron chi connectivity index (χ0n) is 19.1. The van der Waals surface area contributed by atoms with Gasteiger partial charge in [-0.3, -0.25) is 0 Å². The minimum absolute atomic E-state index is 0.329. The van der Waals surface area contributed by atoms with Crippen LogP contribution in [-0.4, -0.2) is 34.1 Å². The second-order valence-electron chi connectivity index (χ2n) is 9.13. The van der Waals surface area contributed by atoms with E-state index in [0.29, 0.717) is 24.2 Å². The molecular formula is C26H31ClN2O2S2. The molecule has 1 saturated heterocycles. The maximum Gasteiger partial charge on any atom is 0.213 e. The van der Waals surface area contributed by atoms with Gasteiger partial charge in [0.05, 0.1) is 28.5 Å². The van der Waals surface area contributed by atoms with Crippen molar-refractivity contribution in [2.75, 3.05) is 13.2 Å². The highest BCUT2D eigenvalue weighted by molar-refractivity contribution is 8.00. The number of hydrogen-bond donors (Lipinski definition) is 2. The number of thiophene rings is 1. The molecule has 176 valence electrons. The van der Waals surface area contributed by atoms with E-state index in [4.69, 9.17) is 21.3 Å². The molecule has 2 aromatic heterocycles. The number of nitrogens with one attached hydrogen (secondary N) is 1. The number of thioether (sulfide) groups is 1. The topological polar surface area (TPSA) is 54.4 Å². The standard InChI is InChI=1S/C26H31ClN2O2S2/c1-25(2,30)13-6-15-31-24-10-5-9-23(29-24)26(19-12-16-32-18-19)14-11-20(17-28-26)33-22-8-4-3-7-21(22)27/h3-5,7-10,12,16,18,20,28,30H,6,11,13-15,17H2,1-2H3. The average Bonchev–Trinajstić information content (AvgIpc) is 3.34. The molecule has 2 atom stereocenters. The van der Waals surface area contributed by atoms with E-state index in [-0.39, 0.29) is 5.54 Å². The lowest BCUT2D eigenvalue weighted by atomic mass is 9.80. The van der Waals surface area contributed by atoms with E-state index in [0.717, 1.165) is 41.4 Å². The fourth-order valence-electron chi connectivity index (χ4n) is 4.21. The van der Waals surface area contributed by atoms with Crippen LogP contribution >= 0.6 is 34.7 Å². The van der Waals surface area contributed by atoms with Gasteiger partial charge in [0, 0.05) is 22.8 Å². The normalized spacial score (nSPS) is 21.2. The first kappa shape index (κ1) is 24.6. The first-order valence-electron chi connectivity index (χ1n) is 11.4. The second-order valence-corrected chi connectivity index (χ2v) is 11.7. The zero-order valence-corrected chi connectivity index (χ0v) is 21.5. The number of hydrogen-bond acceptors (Lipinski definition) is 6. The SMILES string of the molecule is CC(C)(O)CCCOc1cccc(C2(c3ccsc3)CCC(Sc3ccccc3Cl)CN2)n1. The van der Waals surface area contributed by atoms with Gasteiger partial charge in [0.1, 0.15) is 0 Å². The van der Waals surface area contributed by atoms with Crippen LogP contribution in [0.3, 0.4) is 0 Å². The Morgan fingerprint density at radius 2 is 2.09 bits per heavy atom. The molecule has 1 aliphatic heterocycles. The highest BCUT2D eigenvalue weighted by atomic mass is 35.5. The summed E-state index contributed by atoms with van der Waals surface area (Å²) in [7, 11) is 0. The Labute approximate surface area is 209 Å². The van der Waals surface area contributed by atoms with Crippen LogP contribution in [0.5, 0.6) is 5.88 Å². The molecule has 0 amide bonds. The van der Waals surface area contributed by atoms with E-state index in [9.17, 15) is 5.11 Å². The summed E-state index contributed by atoms with van der Waals surface area (Å²) in [6.07, 6.45) is 3.47. The number of piperidine rings is 1. The van der Waals surface area contributed by atoms with Gasteiger partial charge in [-0.15, -0.1) is 11.8 Å². The number of aromatic nitrogens is 1. The van der Waals surface area contributed by atoms with Crippen molar-refractivity contribution in [3.8, 4) is 5.88 Å². The molecule has 1 aromatic carbocycles. The van der Waals surface area contributed by atoms with E-state index in [2.05, 4.69) is 34.3 Å². The Bertz CT molecular complexity index is 1030. The third-order valence-corrected chi connectivity index (χ3v) is 8.43. The molecule has 2 unspecified atom stereocenters. The maximum absolute atomic E-state index is 9.91. The van der Waals surface area contributed by atoms with E-state index < -0.39 is 5.60 Å². The molecule has 1 aliphatic rings. The van der Waals surface area contributed by atoms with Crippen LogP contribution < -0.4 is 10.1 Å². The van der Waals surface area contributed by atoms with Gasteiger partial charge in [-0.2, -0.15) is 11.3 Å². The molecule has 0 radical (unpaired) electrons. The lowest BCUT2D eigenvalue weighted by molar-refractivity contribution is 0.0639. The van der Waals surface area contributed by atoms with E-state index in [1.165, 1.54) is 5.56 Å². The van der Waals surface area contributed by atoms with Crippen molar-refractivity contribution in [1.82, 2.24) is 10.3 Å². The summed E-state index contributed by atoms with van der Waals surface area (Å²) in [6.45, 7) is 5.05. The Hall–Kier alpha value is -1.57. The van der Waals surface area contributed by atoms with Crippen molar-refractivity contribution in [2.45, 2.75) is 60.8 Å². The van der Waals surface area contributed by atoms with Crippen LogP contribution in [0.25, 0.3) is 0 Å². The summed E-state index contributed by atoms with van der Waals surface area (Å²) in [4.78, 5) is 6.04. The third kappa shape index (κ3) is 6.31. The van der Waals surface area contributed by atoms with E-state index >= 15 is 0 Å². The number of pyridine rings is 1. The summed E-state index contributed by atoms with van der Waals surface area (Å²) in [6, 6.07) is 16.3. The minimum atomic E-state index is -0.674. The Kier molecular flexibility index (Phi) is 8.03. The lowest BCUT2D eigenvalue weighted by Gasteiger charge is -2.41. The molecule has 0 bridgehead atoms. The summed E-state index contributed by atoms with van der Waals surface area (Å²) in [5.41, 5.74) is 1.23. The highest BCUT2D eigenvalue weighted by Gasteiger charge is 2.40. The van der Waals surface area contributed by atoms with Crippen molar-refractivity contribution in [3.05, 3.63) is 75.6 Å². The van der Waals surface area contributed by atoms with Gasteiger partial charge in [-0.05, 0) is 80.1 Å². The predicted molar refractivity (Wildman–Crippen MR) is 139 cm³/mol. The average molecular weight is 503 g/mol. The zero-order chi connectivity index (χ0) is 23.3. The number of halogens is 1. The molecule has 7 heteroatoms. The van der Waals surface area contributed by atoms with Crippen molar-refractivity contribution in [2.24, 2.45) is 0 Å². The van der Waals surface area contributed by atoms with E-state index in [1.54, 1.807) is 11.3 Å². The summed E-state index contributed by atoms with van der Waals surface area (Å²) < 4.78 is 5.94. The maximum atomic E-state index is 9.91. The molecular weight excluding hydrogens is 472 g/mol. The monoisotopic (exact) mass is 502 g/mol. The Morgan fingerprint density at radius 3 is 2.79 bits per heavy atom. The molecule has 0 aliphatic carbocycles. The van der Waals surface area contributed by atoms with Crippen molar-refractivity contribution in [1.29, 1.82) is 0 Å². The summed E-state index contributed by atoms with van der Waals surface area (Å²) >= 11 is 9.95. The van der Waals surface area contributed by atoms with Crippen molar-refractivity contribution < 1.29 is 9.84 Å². The first-order valence-corrected chi connectivity index (χ1v) is 13.6. The molecule has 1 fully saturated rings. The van der Waals surface area contributed by atoms with Gasteiger partial charge in [-0.25, -0.2) is 4.98 Å². The molecule has 0 spiro atoms. The predicted octanol–water partition coefficient (Wildman–Crippen LogP) is 6.51. The van der Waals surface area contributed by atoms with Crippen LogP contribution in [-0.2, 0) is 5.54 Å². The van der Waals surface area contributed by atoms with Crippen molar-refractivity contribution >= 4 is 34.7 Å². The smallest absolute Gasteiger partial charge is 0.213 e. The van der Waals surface area contributed by atoms with Crippen LogP contribution in [0.2, 0.25) is 5.02 Å². The van der Waals surface area contributed by atoms with Gasteiger partial charge >= 0.3 is 0 Å². The lowest BCUT2D eigenvalue weighted by Crippen LogP contribution is -2.50. The summed E-state index contributed by atoms with van der Waals surface area (Å²) in [5.74, 6) is 0.632. The van der Waals surface area contributed by atoms with Crippen LogP contribution in [0.4, 0.5) is 0 Å². The molecule has 2 N–H and O–H groups in total. The number of ether oxygens (including phenoxy) is 1. The molecule has 33 heavy (non-hydrogen) atoms. The van der Waals surface area contributed by atoms with Crippen LogP contribution in [0.1, 0.15) is 50.8 Å². The molecule has 4 rings (SSSR count). The quantitative estimate of drug-likeness (QED) is 0.326. The van der Waals surface area contributed by atoms with Gasteiger partial charge in [0.2, 0.25) is 5.88 Å². The number of rotatable bonds is 9. The largest absolute Gasteiger partial charge is 0.478 e. The van der Waals surface area contributed by atoms with Gasteiger partial charge in [0.15, 0.2) is 0 Å². The number of nitrogens with zero attached hydrogens (tertiary/aromatic N) is 1. The second kappa shape index (κ2) is 10.8. The van der Waals surface area contributed by atoms with Gasteiger partial charge in [0.25, 0.3) is 0 Å². The fourth-order valence-corrected chi connectivity index (χ4v) is 6.31. The van der Waals surface area contributed by atoms with Crippen LogP contribution in [0.15, 0.2) is 64.2 Å².